The summed E-state index contributed by atoms with van der Waals surface area (Å²) >= 11 is 0. The predicted molar refractivity (Wildman–Crippen MR) is 112 cm³/mol. The van der Waals surface area contributed by atoms with Gasteiger partial charge >= 0.3 is 0 Å². The SMILES string of the molecule is C=C1C(=O)C[C@@H](OC2CCCCO2)[C@@H]1C=C[C@H](CCCCC)OC1CCCCO1. The van der Waals surface area contributed by atoms with Crippen LogP contribution in [0.15, 0.2) is 24.3 Å². The van der Waals surface area contributed by atoms with Crippen LogP contribution in [0.5, 0.6) is 0 Å². The van der Waals surface area contributed by atoms with Gasteiger partial charge in [0.1, 0.15) is 0 Å². The normalized spacial score (nSPS) is 32.2. The van der Waals surface area contributed by atoms with Crippen LogP contribution < -0.4 is 0 Å². The van der Waals surface area contributed by atoms with Gasteiger partial charge in [-0.2, -0.15) is 0 Å². The summed E-state index contributed by atoms with van der Waals surface area (Å²) in [5.41, 5.74) is 0.642. The molecule has 164 valence electrons. The number of ketones is 1. The van der Waals surface area contributed by atoms with Crippen molar-refractivity contribution in [3.63, 3.8) is 0 Å². The highest BCUT2D eigenvalue weighted by Gasteiger charge is 2.37. The molecule has 2 aliphatic heterocycles. The number of Topliss-reactive ketones (excluding diaryl/α,β-unsaturated/α-hetero) is 1. The molecule has 0 radical (unpaired) electrons. The molecule has 5 nitrogen and oxygen atoms in total. The zero-order chi connectivity index (χ0) is 20.5. The van der Waals surface area contributed by atoms with Crippen LogP contribution in [0, 0.1) is 5.92 Å². The van der Waals surface area contributed by atoms with E-state index in [9.17, 15) is 4.79 Å². The largest absolute Gasteiger partial charge is 0.353 e. The molecule has 5 atom stereocenters. The summed E-state index contributed by atoms with van der Waals surface area (Å²) in [7, 11) is 0. The zero-order valence-electron chi connectivity index (χ0n) is 18.0. The number of ether oxygens (including phenoxy) is 4. The lowest BCUT2D eigenvalue weighted by Gasteiger charge is -2.28. The molecule has 0 spiro atoms. The molecule has 0 amide bonds. The molecule has 0 aromatic heterocycles. The summed E-state index contributed by atoms with van der Waals surface area (Å²) < 4.78 is 23.9. The second-order valence-corrected chi connectivity index (χ2v) is 8.50. The lowest BCUT2D eigenvalue weighted by atomic mass is 9.99. The topological polar surface area (TPSA) is 54.0 Å². The maximum atomic E-state index is 12.3. The van der Waals surface area contributed by atoms with E-state index in [2.05, 4.69) is 25.7 Å². The summed E-state index contributed by atoms with van der Waals surface area (Å²) in [6, 6.07) is 0. The average molecular weight is 407 g/mol. The van der Waals surface area contributed by atoms with Crippen LogP contribution in [-0.4, -0.2) is 43.8 Å². The van der Waals surface area contributed by atoms with Gasteiger partial charge in [0.2, 0.25) is 0 Å². The third kappa shape index (κ3) is 7.02. The standard InChI is InChI=1S/C24H38O5/c1-3-4-5-10-19(28-23-11-6-8-15-26-23)13-14-20-18(2)21(25)17-22(20)29-24-12-7-9-16-27-24/h13-14,19-20,22-24H,2-12,15-17H2,1H3/t19-,20+,22+,23?,24?/m0/s1. The number of carbonyl (C=O) groups excluding carboxylic acids is 1. The second kappa shape index (κ2) is 12.0. The van der Waals surface area contributed by atoms with E-state index in [1.54, 1.807) is 0 Å². The maximum Gasteiger partial charge on any atom is 0.161 e. The highest BCUT2D eigenvalue weighted by Crippen LogP contribution is 2.33. The van der Waals surface area contributed by atoms with Gasteiger partial charge in [0.05, 0.1) is 12.2 Å². The summed E-state index contributed by atoms with van der Waals surface area (Å²) in [5.74, 6) is -0.00268. The lowest BCUT2D eigenvalue weighted by molar-refractivity contribution is -0.190. The molecule has 1 aliphatic carbocycles. The van der Waals surface area contributed by atoms with Crippen molar-refractivity contribution in [3.05, 3.63) is 24.3 Å². The number of rotatable bonds is 10. The first-order valence-corrected chi connectivity index (χ1v) is 11.6. The van der Waals surface area contributed by atoms with Gasteiger partial charge in [-0.15, -0.1) is 0 Å². The molecule has 0 N–H and O–H groups in total. The predicted octanol–water partition coefficient (Wildman–Crippen LogP) is 5.09. The number of unbranched alkanes of at least 4 members (excludes halogenated alkanes) is 2. The Morgan fingerprint density at radius 1 is 1.10 bits per heavy atom. The van der Waals surface area contributed by atoms with Crippen LogP contribution in [0.25, 0.3) is 0 Å². The molecule has 2 saturated heterocycles. The smallest absolute Gasteiger partial charge is 0.161 e. The Bertz CT molecular complexity index is 545. The van der Waals surface area contributed by atoms with E-state index in [4.69, 9.17) is 18.9 Å². The molecule has 2 unspecified atom stereocenters. The Hall–Kier alpha value is -1.01. The third-order valence-corrected chi connectivity index (χ3v) is 6.10. The molecule has 3 fully saturated rings. The summed E-state index contributed by atoms with van der Waals surface area (Å²) in [4.78, 5) is 12.3. The molecular formula is C24H38O5. The van der Waals surface area contributed by atoms with Gasteiger partial charge in [0.15, 0.2) is 18.4 Å². The minimum Gasteiger partial charge on any atom is -0.353 e. The summed E-state index contributed by atoms with van der Waals surface area (Å²) in [5, 5.41) is 0. The fourth-order valence-corrected chi connectivity index (χ4v) is 4.30. The van der Waals surface area contributed by atoms with Gasteiger partial charge in [-0.05, 0) is 50.5 Å². The van der Waals surface area contributed by atoms with Crippen molar-refractivity contribution in [1.82, 2.24) is 0 Å². The maximum absolute atomic E-state index is 12.3. The van der Waals surface area contributed by atoms with E-state index >= 15 is 0 Å². The van der Waals surface area contributed by atoms with E-state index < -0.39 is 0 Å². The molecule has 0 aromatic carbocycles. The van der Waals surface area contributed by atoms with E-state index in [0.717, 1.165) is 64.6 Å². The molecule has 2 heterocycles. The first-order valence-electron chi connectivity index (χ1n) is 11.6. The average Bonchev–Trinajstić information content (AvgIpc) is 3.00. The lowest BCUT2D eigenvalue weighted by Crippen LogP contribution is -2.30. The van der Waals surface area contributed by atoms with Crippen LogP contribution >= 0.6 is 0 Å². The van der Waals surface area contributed by atoms with Crippen molar-refractivity contribution in [2.24, 2.45) is 5.92 Å². The third-order valence-electron chi connectivity index (χ3n) is 6.10. The van der Waals surface area contributed by atoms with Crippen molar-refractivity contribution in [3.8, 4) is 0 Å². The van der Waals surface area contributed by atoms with Crippen molar-refractivity contribution in [1.29, 1.82) is 0 Å². The first kappa shape index (κ1) is 22.7. The molecule has 3 aliphatic rings. The van der Waals surface area contributed by atoms with Crippen LogP contribution in [-0.2, 0) is 23.7 Å². The molecule has 3 rings (SSSR count). The number of hydrogen-bond acceptors (Lipinski definition) is 5. The Morgan fingerprint density at radius 3 is 2.48 bits per heavy atom. The van der Waals surface area contributed by atoms with Gasteiger partial charge in [0.25, 0.3) is 0 Å². The molecule has 0 bridgehead atoms. The van der Waals surface area contributed by atoms with Crippen molar-refractivity contribution in [2.45, 2.75) is 102 Å². The monoisotopic (exact) mass is 406 g/mol. The Morgan fingerprint density at radius 2 is 1.83 bits per heavy atom. The zero-order valence-corrected chi connectivity index (χ0v) is 18.0. The number of hydrogen-bond donors (Lipinski definition) is 0. The van der Waals surface area contributed by atoms with E-state index in [0.29, 0.717) is 12.0 Å². The minimum absolute atomic E-state index is 0.000248. The molecule has 0 aromatic rings. The van der Waals surface area contributed by atoms with Gasteiger partial charge in [0, 0.05) is 25.6 Å². The van der Waals surface area contributed by atoms with Crippen LogP contribution in [0.1, 0.15) is 77.6 Å². The molecule has 5 heteroatoms. The summed E-state index contributed by atoms with van der Waals surface area (Å²) in [6.07, 6.45) is 14.9. The van der Waals surface area contributed by atoms with Gasteiger partial charge in [-0.25, -0.2) is 0 Å². The Labute approximate surface area is 175 Å². The van der Waals surface area contributed by atoms with Crippen LogP contribution in [0.2, 0.25) is 0 Å². The minimum atomic E-state index is -0.199. The molecule has 1 saturated carbocycles. The fraction of sp³-hybridized carbons (Fsp3) is 0.792. The van der Waals surface area contributed by atoms with Gasteiger partial charge in [-0.3, -0.25) is 4.79 Å². The molecular weight excluding hydrogens is 368 g/mol. The van der Waals surface area contributed by atoms with Crippen LogP contribution in [0.4, 0.5) is 0 Å². The highest BCUT2D eigenvalue weighted by atomic mass is 16.7. The highest BCUT2D eigenvalue weighted by molar-refractivity contribution is 5.98. The molecule has 29 heavy (non-hydrogen) atoms. The first-order chi connectivity index (χ1) is 14.2. The van der Waals surface area contributed by atoms with Gasteiger partial charge in [-0.1, -0.05) is 44.9 Å². The van der Waals surface area contributed by atoms with E-state index in [1.165, 1.54) is 12.8 Å². The number of carbonyl (C=O) groups is 1. The fourth-order valence-electron chi connectivity index (χ4n) is 4.30. The van der Waals surface area contributed by atoms with Crippen molar-refractivity contribution < 1.29 is 23.7 Å². The Balaban J connectivity index is 1.61. The van der Waals surface area contributed by atoms with Crippen LogP contribution in [0.3, 0.4) is 0 Å². The van der Waals surface area contributed by atoms with Gasteiger partial charge < -0.3 is 18.9 Å². The Kier molecular flexibility index (Phi) is 9.37. The van der Waals surface area contributed by atoms with Crippen molar-refractivity contribution in [2.75, 3.05) is 13.2 Å². The second-order valence-electron chi connectivity index (χ2n) is 8.50. The van der Waals surface area contributed by atoms with Crippen molar-refractivity contribution >= 4 is 5.78 Å². The quantitative estimate of drug-likeness (QED) is 0.287. The summed E-state index contributed by atoms with van der Waals surface area (Å²) in [6.45, 7) is 7.77. The van der Waals surface area contributed by atoms with E-state index in [1.807, 2.05) is 0 Å². The van der Waals surface area contributed by atoms with E-state index in [-0.39, 0.29) is 36.5 Å².